The Morgan fingerprint density at radius 2 is 1.97 bits per heavy atom. The predicted octanol–water partition coefficient (Wildman–Crippen LogP) is 4.73. The molecular formula is C21H24Cl2N2O3S. The molecule has 8 heteroatoms. The van der Waals surface area contributed by atoms with Gasteiger partial charge < -0.3 is 5.32 Å². The molecule has 1 amide bonds. The van der Waals surface area contributed by atoms with Crippen molar-refractivity contribution in [2.45, 2.75) is 38.1 Å². The molecule has 0 saturated carbocycles. The number of amides is 1. The lowest BCUT2D eigenvalue weighted by atomic mass is 9.87. The standard InChI is InChI=1S/C21H24Cl2N2O3S/c1-29(27,28)25(20-14-16(22)11-12-18(20)23)13-5-10-21(26)24-19-9-4-7-15-6-2-3-8-17(15)19/h2-3,6,8,11-12,14,19H,4-5,7,9-10,13H2,1H3,(H,24,26)/t19-/m1/s1. The van der Waals surface area contributed by atoms with Gasteiger partial charge in [-0.3, -0.25) is 9.10 Å². The average molecular weight is 455 g/mol. The zero-order chi connectivity index (χ0) is 21.0. The Bertz CT molecular complexity index is 995. The van der Waals surface area contributed by atoms with Crippen LogP contribution in [0.3, 0.4) is 0 Å². The molecule has 3 rings (SSSR count). The molecule has 5 nitrogen and oxygen atoms in total. The number of anilines is 1. The van der Waals surface area contributed by atoms with Gasteiger partial charge in [0.2, 0.25) is 15.9 Å². The average Bonchev–Trinajstić information content (AvgIpc) is 2.67. The molecule has 0 radical (unpaired) electrons. The summed E-state index contributed by atoms with van der Waals surface area (Å²) in [6.07, 6.45) is 4.70. The summed E-state index contributed by atoms with van der Waals surface area (Å²) in [5.41, 5.74) is 2.78. The number of aryl methyl sites for hydroxylation is 1. The second kappa shape index (κ2) is 9.37. The zero-order valence-corrected chi connectivity index (χ0v) is 18.5. The van der Waals surface area contributed by atoms with Gasteiger partial charge in [0.25, 0.3) is 0 Å². The molecule has 1 aliphatic carbocycles. The predicted molar refractivity (Wildman–Crippen MR) is 118 cm³/mol. The van der Waals surface area contributed by atoms with Crippen LogP contribution in [0.4, 0.5) is 5.69 Å². The Morgan fingerprint density at radius 3 is 2.72 bits per heavy atom. The summed E-state index contributed by atoms with van der Waals surface area (Å²) >= 11 is 12.2. The Balaban J connectivity index is 1.62. The van der Waals surface area contributed by atoms with Crippen molar-refractivity contribution in [2.24, 2.45) is 0 Å². The molecule has 0 fully saturated rings. The number of carbonyl (C=O) groups excluding carboxylic acids is 1. The van der Waals surface area contributed by atoms with Crippen LogP contribution in [0.5, 0.6) is 0 Å². The summed E-state index contributed by atoms with van der Waals surface area (Å²) in [6.45, 7) is 0.146. The van der Waals surface area contributed by atoms with Crippen molar-refractivity contribution >= 4 is 44.8 Å². The normalized spacial score (nSPS) is 16.2. The molecular weight excluding hydrogens is 431 g/mol. The van der Waals surface area contributed by atoms with E-state index in [9.17, 15) is 13.2 Å². The summed E-state index contributed by atoms with van der Waals surface area (Å²) in [5, 5.41) is 3.78. The third-order valence-corrected chi connectivity index (χ3v) is 6.78. The van der Waals surface area contributed by atoms with Crippen molar-refractivity contribution in [3.8, 4) is 0 Å². The minimum atomic E-state index is -3.56. The van der Waals surface area contributed by atoms with E-state index in [2.05, 4.69) is 17.4 Å². The van der Waals surface area contributed by atoms with Gasteiger partial charge in [0.1, 0.15) is 0 Å². The van der Waals surface area contributed by atoms with Crippen LogP contribution >= 0.6 is 23.2 Å². The number of carbonyl (C=O) groups is 1. The van der Waals surface area contributed by atoms with Crippen molar-refractivity contribution < 1.29 is 13.2 Å². The third kappa shape index (κ3) is 5.65. The van der Waals surface area contributed by atoms with Gasteiger partial charge >= 0.3 is 0 Å². The van der Waals surface area contributed by atoms with Crippen molar-refractivity contribution in [1.29, 1.82) is 0 Å². The molecule has 0 bridgehead atoms. The maximum absolute atomic E-state index is 12.5. The van der Waals surface area contributed by atoms with Crippen LogP contribution in [-0.4, -0.2) is 27.1 Å². The number of rotatable bonds is 7. The number of benzene rings is 2. The molecule has 0 aliphatic heterocycles. The number of hydrogen-bond donors (Lipinski definition) is 1. The van der Waals surface area contributed by atoms with E-state index in [1.165, 1.54) is 21.5 Å². The van der Waals surface area contributed by atoms with Gasteiger partial charge in [-0.05, 0) is 55.0 Å². The second-order valence-corrected chi connectivity index (χ2v) is 10.00. The van der Waals surface area contributed by atoms with E-state index in [0.29, 0.717) is 22.2 Å². The lowest BCUT2D eigenvalue weighted by Gasteiger charge is -2.27. The summed E-state index contributed by atoms with van der Waals surface area (Å²) in [7, 11) is -3.56. The third-order valence-electron chi connectivity index (χ3n) is 5.05. The molecule has 0 saturated heterocycles. The van der Waals surface area contributed by atoms with Crippen molar-refractivity contribution in [3.05, 3.63) is 63.6 Å². The molecule has 1 aliphatic rings. The number of sulfonamides is 1. The van der Waals surface area contributed by atoms with E-state index in [4.69, 9.17) is 23.2 Å². The fraction of sp³-hybridized carbons (Fsp3) is 0.381. The van der Waals surface area contributed by atoms with Gasteiger partial charge in [0.15, 0.2) is 0 Å². The Kier molecular flexibility index (Phi) is 7.09. The first-order valence-corrected chi connectivity index (χ1v) is 12.2. The molecule has 29 heavy (non-hydrogen) atoms. The van der Waals surface area contributed by atoms with E-state index in [0.717, 1.165) is 25.5 Å². The molecule has 0 heterocycles. The maximum Gasteiger partial charge on any atom is 0.232 e. The van der Waals surface area contributed by atoms with Crippen molar-refractivity contribution in [3.63, 3.8) is 0 Å². The minimum Gasteiger partial charge on any atom is -0.349 e. The van der Waals surface area contributed by atoms with E-state index < -0.39 is 10.0 Å². The van der Waals surface area contributed by atoms with Gasteiger partial charge in [-0.1, -0.05) is 47.5 Å². The highest BCUT2D eigenvalue weighted by molar-refractivity contribution is 7.92. The first-order chi connectivity index (χ1) is 13.8. The van der Waals surface area contributed by atoms with Crippen LogP contribution in [0.1, 0.15) is 42.9 Å². The summed E-state index contributed by atoms with van der Waals surface area (Å²) in [6, 6.07) is 12.9. The molecule has 0 spiro atoms. The van der Waals surface area contributed by atoms with Gasteiger partial charge in [-0.2, -0.15) is 0 Å². The topological polar surface area (TPSA) is 66.5 Å². The lowest BCUT2D eigenvalue weighted by Crippen LogP contribution is -2.34. The quantitative estimate of drug-likeness (QED) is 0.656. The summed E-state index contributed by atoms with van der Waals surface area (Å²) < 4.78 is 25.7. The Morgan fingerprint density at radius 1 is 1.21 bits per heavy atom. The van der Waals surface area contributed by atoms with Crippen LogP contribution in [0.15, 0.2) is 42.5 Å². The molecule has 0 aromatic heterocycles. The minimum absolute atomic E-state index is 0.0147. The smallest absolute Gasteiger partial charge is 0.232 e. The molecule has 156 valence electrons. The highest BCUT2D eigenvalue weighted by Crippen LogP contribution is 2.31. The molecule has 1 atom stereocenters. The first kappa shape index (κ1) is 21.9. The summed E-state index contributed by atoms with van der Waals surface area (Å²) in [5.74, 6) is -0.0858. The van der Waals surface area contributed by atoms with Crippen LogP contribution in [0.25, 0.3) is 0 Å². The fourth-order valence-electron chi connectivity index (χ4n) is 3.70. The fourth-order valence-corrected chi connectivity index (χ4v) is 5.10. The van der Waals surface area contributed by atoms with Gasteiger partial charge in [0.05, 0.1) is 23.0 Å². The SMILES string of the molecule is CS(=O)(=O)N(CCCC(=O)N[C@@H]1CCCc2ccccc21)c1cc(Cl)ccc1Cl. The van der Waals surface area contributed by atoms with Gasteiger partial charge in [0, 0.05) is 18.0 Å². The first-order valence-electron chi connectivity index (χ1n) is 9.55. The molecule has 0 unspecified atom stereocenters. The number of nitrogens with one attached hydrogen (secondary N) is 1. The maximum atomic E-state index is 12.5. The van der Waals surface area contributed by atoms with Crippen LogP contribution in [-0.2, 0) is 21.2 Å². The zero-order valence-electron chi connectivity index (χ0n) is 16.2. The number of hydrogen-bond acceptors (Lipinski definition) is 3. The van der Waals surface area contributed by atoms with E-state index in [1.54, 1.807) is 12.1 Å². The van der Waals surface area contributed by atoms with Crippen molar-refractivity contribution in [2.75, 3.05) is 17.1 Å². The lowest BCUT2D eigenvalue weighted by molar-refractivity contribution is -0.122. The number of nitrogens with zero attached hydrogens (tertiary/aromatic N) is 1. The highest BCUT2D eigenvalue weighted by atomic mass is 35.5. The van der Waals surface area contributed by atoms with E-state index in [-0.39, 0.29) is 24.9 Å². The van der Waals surface area contributed by atoms with E-state index in [1.807, 2.05) is 12.1 Å². The van der Waals surface area contributed by atoms with E-state index >= 15 is 0 Å². The Labute approximate surface area is 182 Å². The number of fused-ring (bicyclic) bond motifs is 1. The Hall–Kier alpha value is -1.76. The van der Waals surface area contributed by atoms with Crippen LogP contribution < -0.4 is 9.62 Å². The number of halogens is 2. The molecule has 2 aromatic carbocycles. The summed E-state index contributed by atoms with van der Waals surface area (Å²) in [4.78, 5) is 12.5. The van der Waals surface area contributed by atoms with Crippen LogP contribution in [0.2, 0.25) is 10.0 Å². The molecule has 2 aromatic rings. The monoisotopic (exact) mass is 454 g/mol. The van der Waals surface area contributed by atoms with Gasteiger partial charge in [-0.15, -0.1) is 0 Å². The van der Waals surface area contributed by atoms with Gasteiger partial charge in [-0.25, -0.2) is 8.42 Å². The largest absolute Gasteiger partial charge is 0.349 e. The highest BCUT2D eigenvalue weighted by Gasteiger charge is 2.23. The van der Waals surface area contributed by atoms with Crippen molar-refractivity contribution in [1.82, 2.24) is 5.32 Å². The van der Waals surface area contributed by atoms with Crippen LogP contribution in [0, 0.1) is 0 Å². The molecule has 1 N–H and O–H groups in total. The second-order valence-electron chi connectivity index (χ2n) is 7.25.